The Morgan fingerprint density at radius 3 is 2.12 bits per heavy atom. The van der Waals surface area contributed by atoms with E-state index in [2.05, 4.69) is 89.5 Å². The van der Waals surface area contributed by atoms with Crippen LogP contribution in [0.2, 0.25) is 0 Å². The van der Waals surface area contributed by atoms with Crippen LogP contribution in [0.1, 0.15) is 0 Å². The predicted octanol–water partition coefficient (Wildman–Crippen LogP) is 6.03. The first kappa shape index (κ1) is 14.8. The molecular formula is C24H18N2. The average molecular weight is 334 g/mol. The highest BCUT2D eigenvalue weighted by Gasteiger charge is 2.16. The lowest BCUT2D eigenvalue weighted by Crippen LogP contribution is -1.95. The van der Waals surface area contributed by atoms with Crippen molar-refractivity contribution in [1.29, 1.82) is 0 Å². The first-order valence-electron chi connectivity index (χ1n) is 8.76. The van der Waals surface area contributed by atoms with E-state index in [1.807, 2.05) is 12.1 Å². The molecule has 0 unspecified atom stereocenters. The summed E-state index contributed by atoms with van der Waals surface area (Å²) in [5.74, 6) is 0. The number of benzene rings is 4. The average Bonchev–Trinajstić information content (AvgIpc) is 3.03. The standard InChI is InChI=1S/C24H18N2/c25-18-14-15-23-22(16-18)21-13-7-12-20(17-8-3-1-4-9-17)24(21)26(23)19-10-5-2-6-11-19/h1-16H,25H2. The number of nitrogens with two attached hydrogens (primary N) is 1. The molecule has 0 aliphatic rings. The third-order valence-electron chi connectivity index (χ3n) is 4.91. The van der Waals surface area contributed by atoms with E-state index in [0.29, 0.717) is 0 Å². The molecule has 0 bridgehead atoms. The van der Waals surface area contributed by atoms with Gasteiger partial charge in [-0.15, -0.1) is 0 Å². The molecule has 0 saturated carbocycles. The molecule has 2 heteroatoms. The summed E-state index contributed by atoms with van der Waals surface area (Å²) in [4.78, 5) is 0. The van der Waals surface area contributed by atoms with Crippen LogP contribution in [0.25, 0.3) is 38.6 Å². The monoisotopic (exact) mass is 334 g/mol. The van der Waals surface area contributed by atoms with Crippen molar-refractivity contribution in [2.75, 3.05) is 5.73 Å². The van der Waals surface area contributed by atoms with Gasteiger partial charge in [-0.05, 0) is 35.9 Å². The minimum Gasteiger partial charge on any atom is -0.399 e. The van der Waals surface area contributed by atoms with E-state index < -0.39 is 0 Å². The number of aromatic nitrogens is 1. The lowest BCUT2D eigenvalue weighted by Gasteiger charge is -2.11. The van der Waals surface area contributed by atoms with E-state index in [1.165, 1.54) is 32.9 Å². The molecule has 0 aliphatic heterocycles. The van der Waals surface area contributed by atoms with Crippen LogP contribution < -0.4 is 5.73 Å². The minimum absolute atomic E-state index is 0.787. The zero-order chi connectivity index (χ0) is 17.5. The fourth-order valence-corrected chi connectivity index (χ4v) is 3.78. The van der Waals surface area contributed by atoms with Crippen molar-refractivity contribution in [3.63, 3.8) is 0 Å². The maximum absolute atomic E-state index is 6.10. The van der Waals surface area contributed by atoms with Crippen molar-refractivity contribution in [2.45, 2.75) is 0 Å². The van der Waals surface area contributed by atoms with E-state index in [1.54, 1.807) is 0 Å². The lowest BCUT2D eigenvalue weighted by molar-refractivity contribution is 1.18. The number of nitrogen functional groups attached to an aromatic ring is 1. The Morgan fingerprint density at radius 1 is 0.615 bits per heavy atom. The zero-order valence-electron chi connectivity index (χ0n) is 14.3. The highest BCUT2D eigenvalue weighted by molar-refractivity contribution is 6.14. The molecule has 1 heterocycles. The highest BCUT2D eigenvalue weighted by Crippen LogP contribution is 2.38. The van der Waals surface area contributed by atoms with Crippen LogP contribution in [0.15, 0.2) is 97.1 Å². The molecule has 124 valence electrons. The summed E-state index contributed by atoms with van der Waals surface area (Å²) in [6, 6.07) is 33.7. The fourth-order valence-electron chi connectivity index (χ4n) is 3.78. The molecule has 0 spiro atoms. The summed E-state index contributed by atoms with van der Waals surface area (Å²) in [6.07, 6.45) is 0. The Hall–Kier alpha value is -3.52. The fraction of sp³-hybridized carbons (Fsp3) is 0. The summed E-state index contributed by atoms with van der Waals surface area (Å²) in [6.45, 7) is 0. The molecule has 0 radical (unpaired) electrons. The molecule has 0 atom stereocenters. The number of para-hydroxylation sites is 2. The quantitative estimate of drug-likeness (QED) is 0.392. The van der Waals surface area contributed by atoms with Gasteiger partial charge in [-0.3, -0.25) is 0 Å². The van der Waals surface area contributed by atoms with E-state index >= 15 is 0 Å². The minimum atomic E-state index is 0.787. The molecule has 0 fully saturated rings. The van der Waals surface area contributed by atoms with Gasteiger partial charge in [-0.2, -0.15) is 0 Å². The Kier molecular flexibility index (Phi) is 3.29. The van der Waals surface area contributed by atoms with Gasteiger partial charge in [0.2, 0.25) is 0 Å². The van der Waals surface area contributed by atoms with Crippen LogP contribution in [0, 0.1) is 0 Å². The van der Waals surface area contributed by atoms with Gasteiger partial charge < -0.3 is 10.3 Å². The molecule has 2 nitrogen and oxygen atoms in total. The number of fused-ring (bicyclic) bond motifs is 3. The van der Waals surface area contributed by atoms with Gasteiger partial charge in [0.25, 0.3) is 0 Å². The number of hydrogen-bond acceptors (Lipinski definition) is 1. The smallest absolute Gasteiger partial charge is 0.0619 e. The largest absolute Gasteiger partial charge is 0.399 e. The molecule has 5 rings (SSSR count). The summed E-state index contributed by atoms with van der Waals surface area (Å²) in [7, 11) is 0. The van der Waals surface area contributed by atoms with Crippen LogP contribution in [-0.2, 0) is 0 Å². The molecule has 5 aromatic rings. The second-order valence-corrected chi connectivity index (χ2v) is 6.52. The molecule has 0 saturated heterocycles. The second kappa shape index (κ2) is 5.78. The van der Waals surface area contributed by atoms with Crippen molar-refractivity contribution in [3.8, 4) is 16.8 Å². The highest BCUT2D eigenvalue weighted by atomic mass is 15.0. The maximum atomic E-state index is 6.10. The lowest BCUT2D eigenvalue weighted by atomic mass is 10.0. The van der Waals surface area contributed by atoms with Crippen molar-refractivity contribution >= 4 is 27.5 Å². The van der Waals surface area contributed by atoms with Crippen LogP contribution in [-0.4, -0.2) is 4.57 Å². The molecule has 2 N–H and O–H groups in total. The number of hydrogen-bond donors (Lipinski definition) is 1. The van der Waals surface area contributed by atoms with Gasteiger partial charge in [0.15, 0.2) is 0 Å². The van der Waals surface area contributed by atoms with Gasteiger partial charge in [0.1, 0.15) is 0 Å². The Labute approximate surface area is 152 Å². The Balaban J connectivity index is 1.99. The van der Waals surface area contributed by atoms with Gasteiger partial charge >= 0.3 is 0 Å². The van der Waals surface area contributed by atoms with Crippen molar-refractivity contribution in [2.24, 2.45) is 0 Å². The molecule has 1 aromatic heterocycles. The Morgan fingerprint density at radius 2 is 1.35 bits per heavy atom. The zero-order valence-corrected chi connectivity index (χ0v) is 14.3. The topological polar surface area (TPSA) is 30.9 Å². The first-order valence-corrected chi connectivity index (χ1v) is 8.76. The molecular weight excluding hydrogens is 316 g/mol. The normalized spacial score (nSPS) is 11.2. The van der Waals surface area contributed by atoms with E-state index in [-0.39, 0.29) is 0 Å². The Bertz CT molecular complexity index is 1220. The van der Waals surface area contributed by atoms with Gasteiger partial charge in [0.05, 0.1) is 11.0 Å². The van der Waals surface area contributed by atoms with Crippen molar-refractivity contribution < 1.29 is 0 Å². The van der Waals surface area contributed by atoms with Gasteiger partial charge in [0, 0.05) is 27.7 Å². The van der Waals surface area contributed by atoms with Crippen LogP contribution in [0.5, 0.6) is 0 Å². The van der Waals surface area contributed by atoms with E-state index in [4.69, 9.17) is 5.73 Å². The molecule has 0 amide bonds. The molecule has 26 heavy (non-hydrogen) atoms. The second-order valence-electron chi connectivity index (χ2n) is 6.52. The van der Waals surface area contributed by atoms with E-state index in [0.717, 1.165) is 11.4 Å². The van der Waals surface area contributed by atoms with Crippen molar-refractivity contribution in [1.82, 2.24) is 4.57 Å². The van der Waals surface area contributed by atoms with Crippen LogP contribution >= 0.6 is 0 Å². The third-order valence-corrected chi connectivity index (χ3v) is 4.91. The van der Waals surface area contributed by atoms with Gasteiger partial charge in [-0.1, -0.05) is 66.7 Å². The van der Waals surface area contributed by atoms with Crippen LogP contribution in [0.4, 0.5) is 5.69 Å². The van der Waals surface area contributed by atoms with E-state index in [9.17, 15) is 0 Å². The third kappa shape index (κ3) is 2.20. The summed E-state index contributed by atoms with van der Waals surface area (Å²) in [5, 5.41) is 2.40. The summed E-state index contributed by atoms with van der Waals surface area (Å²) >= 11 is 0. The molecule has 4 aromatic carbocycles. The SMILES string of the molecule is Nc1ccc2c(c1)c1cccc(-c3ccccc3)c1n2-c1ccccc1. The van der Waals surface area contributed by atoms with Crippen LogP contribution in [0.3, 0.4) is 0 Å². The predicted molar refractivity (Wildman–Crippen MR) is 111 cm³/mol. The van der Waals surface area contributed by atoms with Crippen molar-refractivity contribution in [3.05, 3.63) is 97.1 Å². The summed E-state index contributed by atoms with van der Waals surface area (Å²) in [5.41, 5.74) is 12.9. The number of anilines is 1. The summed E-state index contributed by atoms with van der Waals surface area (Å²) < 4.78 is 2.34. The maximum Gasteiger partial charge on any atom is 0.0619 e. The van der Waals surface area contributed by atoms with Gasteiger partial charge in [-0.25, -0.2) is 0 Å². The number of rotatable bonds is 2. The number of nitrogens with zero attached hydrogens (tertiary/aromatic N) is 1. The molecule has 0 aliphatic carbocycles. The first-order chi connectivity index (χ1) is 12.8.